The van der Waals surface area contributed by atoms with E-state index in [2.05, 4.69) is 23.4 Å². The summed E-state index contributed by atoms with van der Waals surface area (Å²) in [5, 5.41) is 2.05. The Morgan fingerprint density at radius 3 is 2.89 bits per heavy atom. The summed E-state index contributed by atoms with van der Waals surface area (Å²) in [5.41, 5.74) is 2.33. The molecular formula is C14H13FN2S2. The van der Waals surface area contributed by atoms with Crippen molar-refractivity contribution in [3.63, 3.8) is 0 Å². The van der Waals surface area contributed by atoms with E-state index in [1.807, 2.05) is 16.7 Å². The molecular weight excluding hydrogens is 279 g/mol. The Morgan fingerprint density at radius 1 is 1.42 bits per heavy atom. The number of rotatable bonds is 2. The lowest BCUT2D eigenvalue weighted by atomic mass is 10.2. The largest absolute Gasteiger partial charge is 0.330 e. The molecule has 0 aliphatic carbocycles. The maximum atomic E-state index is 13.6. The molecule has 0 bridgehead atoms. The molecule has 2 nitrogen and oxygen atoms in total. The van der Waals surface area contributed by atoms with E-state index >= 15 is 0 Å². The third-order valence-corrected chi connectivity index (χ3v) is 4.68. The molecule has 1 unspecified atom stereocenters. The maximum Gasteiger partial charge on any atom is 0.178 e. The lowest BCUT2D eigenvalue weighted by molar-refractivity contribution is 0.619. The minimum Gasteiger partial charge on any atom is -0.330 e. The van der Waals surface area contributed by atoms with Gasteiger partial charge < -0.3 is 9.55 Å². The molecule has 0 fully saturated rings. The second kappa shape index (κ2) is 4.58. The fourth-order valence-corrected chi connectivity index (χ4v) is 3.43. The molecule has 98 valence electrons. The number of aryl methyl sites for hydroxylation is 1. The molecule has 0 spiro atoms. The number of aromatic amines is 1. The highest BCUT2D eigenvalue weighted by Crippen LogP contribution is 2.28. The molecule has 2 aromatic heterocycles. The van der Waals surface area contributed by atoms with Gasteiger partial charge in [-0.05, 0) is 55.2 Å². The lowest BCUT2D eigenvalue weighted by Gasteiger charge is -2.13. The fraction of sp³-hybridized carbons (Fsp3) is 0.214. The van der Waals surface area contributed by atoms with Gasteiger partial charge in [-0.25, -0.2) is 4.39 Å². The average molecular weight is 292 g/mol. The Kier molecular flexibility index (Phi) is 3.03. The first-order valence-electron chi connectivity index (χ1n) is 6.01. The SMILES string of the molecule is Cc1cc2c(cc1F)[nH]c(=S)n2C(C)c1cccs1. The van der Waals surface area contributed by atoms with Crippen LogP contribution in [0.4, 0.5) is 4.39 Å². The molecule has 0 amide bonds. The number of aromatic nitrogens is 2. The predicted octanol–water partition coefficient (Wildman–Crippen LogP) is 4.82. The van der Waals surface area contributed by atoms with Crippen LogP contribution < -0.4 is 0 Å². The van der Waals surface area contributed by atoms with Crippen molar-refractivity contribution in [3.8, 4) is 0 Å². The molecule has 2 heterocycles. The normalized spacial score (nSPS) is 13.0. The zero-order valence-corrected chi connectivity index (χ0v) is 12.2. The quantitative estimate of drug-likeness (QED) is 0.672. The van der Waals surface area contributed by atoms with Gasteiger partial charge in [0, 0.05) is 4.88 Å². The topological polar surface area (TPSA) is 20.7 Å². The van der Waals surface area contributed by atoms with Gasteiger partial charge in [-0.15, -0.1) is 11.3 Å². The van der Waals surface area contributed by atoms with Gasteiger partial charge in [0.25, 0.3) is 0 Å². The summed E-state index contributed by atoms with van der Waals surface area (Å²) < 4.78 is 16.3. The smallest absolute Gasteiger partial charge is 0.178 e. The van der Waals surface area contributed by atoms with Gasteiger partial charge in [0.05, 0.1) is 17.1 Å². The van der Waals surface area contributed by atoms with Gasteiger partial charge in [0.2, 0.25) is 0 Å². The van der Waals surface area contributed by atoms with Crippen LogP contribution in [0.2, 0.25) is 0 Å². The van der Waals surface area contributed by atoms with Crippen LogP contribution in [0.3, 0.4) is 0 Å². The number of imidazole rings is 1. The van der Waals surface area contributed by atoms with E-state index in [4.69, 9.17) is 12.2 Å². The Bertz CT molecular complexity index is 784. The van der Waals surface area contributed by atoms with Crippen LogP contribution in [0, 0.1) is 17.5 Å². The van der Waals surface area contributed by atoms with E-state index in [-0.39, 0.29) is 11.9 Å². The number of nitrogens with one attached hydrogen (secondary N) is 1. The Hall–Kier alpha value is -1.46. The zero-order valence-electron chi connectivity index (χ0n) is 10.6. The first kappa shape index (κ1) is 12.6. The first-order valence-corrected chi connectivity index (χ1v) is 7.30. The molecule has 1 atom stereocenters. The van der Waals surface area contributed by atoms with Crippen LogP contribution in [-0.2, 0) is 0 Å². The van der Waals surface area contributed by atoms with Gasteiger partial charge >= 0.3 is 0 Å². The molecule has 0 saturated heterocycles. The molecule has 5 heteroatoms. The maximum absolute atomic E-state index is 13.6. The summed E-state index contributed by atoms with van der Waals surface area (Å²) in [6.45, 7) is 3.87. The van der Waals surface area contributed by atoms with Crippen LogP contribution in [0.1, 0.15) is 23.4 Å². The molecule has 3 aromatic rings. The van der Waals surface area contributed by atoms with Crippen LogP contribution in [0.5, 0.6) is 0 Å². The van der Waals surface area contributed by atoms with Crippen molar-refractivity contribution in [1.29, 1.82) is 0 Å². The standard InChI is InChI=1S/C14H13FN2S2/c1-8-6-12-11(7-10(8)15)16-14(18)17(12)9(2)13-4-3-5-19-13/h3-7,9H,1-2H3,(H,16,18). The number of hydrogen-bond acceptors (Lipinski definition) is 2. The molecule has 0 aliphatic rings. The van der Waals surface area contributed by atoms with E-state index in [1.54, 1.807) is 18.3 Å². The molecule has 3 rings (SSSR count). The van der Waals surface area contributed by atoms with Crippen LogP contribution in [0.25, 0.3) is 11.0 Å². The van der Waals surface area contributed by atoms with E-state index < -0.39 is 0 Å². The van der Waals surface area contributed by atoms with Crippen molar-refractivity contribution in [3.05, 3.63) is 50.7 Å². The van der Waals surface area contributed by atoms with Gasteiger partial charge in [-0.3, -0.25) is 0 Å². The third-order valence-electron chi connectivity index (χ3n) is 3.34. The molecule has 0 radical (unpaired) electrons. The van der Waals surface area contributed by atoms with Gasteiger partial charge in [-0.2, -0.15) is 0 Å². The summed E-state index contributed by atoms with van der Waals surface area (Å²) in [6, 6.07) is 7.62. The molecule has 1 aromatic carbocycles. The second-order valence-corrected chi connectivity index (χ2v) is 5.98. The minimum absolute atomic E-state index is 0.145. The fourth-order valence-electron chi connectivity index (χ4n) is 2.29. The Balaban J connectivity index is 2.26. The molecule has 0 aliphatic heterocycles. The average Bonchev–Trinajstić information content (AvgIpc) is 2.97. The number of H-pyrrole nitrogens is 1. The number of nitrogens with zero attached hydrogens (tertiary/aromatic N) is 1. The second-order valence-electron chi connectivity index (χ2n) is 4.61. The Morgan fingerprint density at radius 2 is 2.21 bits per heavy atom. The lowest BCUT2D eigenvalue weighted by Crippen LogP contribution is -2.05. The summed E-state index contributed by atoms with van der Waals surface area (Å²) in [6.07, 6.45) is 0. The number of hydrogen-bond donors (Lipinski definition) is 1. The summed E-state index contributed by atoms with van der Waals surface area (Å²) in [7, 11) is 0. The summed E-state index contributed by atoms with van der Waals surface area (Å²) >= 11 is 7.08. The zero-order chi connectivity index (χ0) is 13.6. The van der Waals surface area contributed by atoms with Crippen LogP contribution in [0.15, 0.2) is 29.6 Å². The van der Waals surface area contributed by atoms with Crippen molar-refractivity contribution < 1.29 is 4.39 Å². The summed E-state index contributed by atoms with van der Waals surface area (Å²) in [5.74, 6) is -0.209. The van der Waals surface area contributed by atoms with Crippen LogP contribution >= 0.6 is 23.6 Å². The first-order chi connectivity index (χ1) is 9.08. The highest BCUT2D eigenvalue weighted by atomic mass is 32.1. The number of halogens is 1. The Labute approximate surface area is 119 Å². The van der Waals surface area contributed by atoms with E-state index in [0.29, 0.717) is 10.3 Å². The number of thiophene rings is 1. The highest BCUT2D eigenvalue weighted by molar-refractivity contribution is 7.71. The molecule has 0 saturated carbocycles. The number of fused-ring (bicyclic) bond motifs is 1. The van der Waals surface area contributed by atoms with Crippen molar-refractivity contribution in [2.45, 2.75) is 19.9 Å². The third kappa shape index (κ3) is 2.03. The molecule has 1 N–H and O–H groups in total. The minimum atomic E-state index is -0.209. The van der Waals surface area contributed by atoms with E-state index in [1.165, 1.54) is 10.9 Å². The van der Waals surface area contributed by atoms with Crippen molar-refractivity contribution in [1.82, 2.24) is 9.55 Å². The van der Waals surface area contributed by atoms with E-state index in [9.17, 15) is 4.39 Å². The summed E-state index contributed by atoms with van der Waals surface area (Å²) in [4.78, 5) is 4.32. The predicted molar refractivity (Wildman–Crippen MR) is 79.9 cm³/mol. The monoisotopic (exact) mass is 292 g/mol. The molecule has 19 heavy (non-hydrogen) atoms. The van der Waals surface area contributed by atoms with Gasteiger partial charge in [-0.1, -0.05) is 6.07 Å². The van der Waals surface area contributed by atoms with Gasteiger partial charge in [0.15, 0.2) is 4.77 Å². The highest BCUT2D eigenvalue weighted by Gasteiger charge is 2.15. The number of benzene rings is 1. The van der Waals surface area contributed by atoms with Gasteiger partial charge in [0.1, 0.15) is 5.82 Å². The van der Waals surface area contributed by atoms with Crippen molar-refractivity contribution >= 4 is 34.6 Å². The van der Waals surface area contributed by atoms with E-state index in [0.717, 1.165) is 11.0 Å². The van der Waals surface area contributed by atoms with Crippen molar-refractivity contribution in [2.24, 2.45) is 0 Å². The van der Waals surface area contributed by atoms with Crippen molar-refractivity contribution in [2.75, 3.05) is 0 Å². The van der Waals surface area contributed by atoms with Crippen LogP contribution in [-0.4, -0.2) is 9.55 Å².